The number of aromatic nitrogens is 2. The molecule has 0 radical (unpaired) electrons. The van der Waals surface area contributed by atoms with E-state index < -0.39 is 22.0 Å². The largest absolute Gasteiger partial charge is 0.350 e. The Bertz CT molecular complexity index is 1190. The molecule has 2 aromatic carbocycles. The maximum Gasteiger partial charge on any atom is 0.243 e. The van der Waals surface area contributed by atoms with Gasteiger partial charge in [-0.05, 0) is 49.7 Å². The third kappa shape index (κ3) is 5.39. The van der Waals surface area contributed by atoms with Crippen LogP contribution in [0.3, 0.4) is 0 Å². The van der Waals surface area contributed by atoms with Crippen LogP contribution in [0.5, 0.6) is 0 Å². The number of anilines is 1. The highest BCUT2D eigenvalue weighted by molar-refractivity contribution is 7.92. The minimum atomic E-state index is -3.80. The van der Waals surface area contributed by atoms with Crippen LogP contribution in [0.2, 0.25) is 10.0 Å². The molecule has 1 amide bonds. The lowest BCUT2D eigenvalue weighted by atomic mass is 10.2. The predicted molar refractivity (Wildman–Crippen MR) is 123 cm³/mol. The Hall–Kier alpha value is -2.55. The van der Waals surface area contributed by atoms with Gasteiger partial charge in [-0.25, -0.2) is 13.4 Å². The zero-order valence-electron chi connectivity index (χ0n) is 17.2. The van der Waals surface area contributed by atoms with Crippen molar-refractivity contribution in [1.29, 1.82) is 0 Å². The summed E-state index contributed by atoms with van der Waals surface area (Å²) in [5, 5.41) is 3.27. The minimum absolute atomic E-state index is 0.152. The summed E-state index contributed by atoms with van der Waals surface area (Å²) in [6, 6.07) is 11.1. The van der Waals surface area contributed by atoms with Crippen molar-refractivity contribution in [2.45, 2.75) is 26.4 Å². The predicted octanol–water partition coefficient (Wildman–Crippen LogP) is 3.96. The third-order valence-electron chi connectivity index (χ3n) is 4.74. The van der Waals surface area contributed by atoms with E-state index >= 15 is 0 Å². The summed E-state index contributed by atoms with van der Waals surface area (Å²) in [7, 11) is -3.80. The van der Waals surface area contributed by atoms with E-state index in [4.69, 9.17) is 23.2 Å². The first-order valence-electron chi connectivity index (χ1n) is 9.39. The van der Waals surface area contributed by atoms with Crippen molar-refractivity contribution in [3.8, 4) is 5.69 Å². The topological polar surface area (TPSA) is 84.3 Å². The highest BCUT2D eigenvalue weighted by atomic mass is 35.5. The quantitative estimate of drug-likeness (QED) is 0.554. The lowest BCUT2D eigenvalue weighted by molar-refractivity contribution is -0.122. The monoisotopic (exact) mass is 480 g/mol. The molecule has 0 fully saturated rings. The summed E-state index contributed by atoms with van der Waals surface area (Å²) >= 11 is 12.2. The molecule has 0 saturated carbocycles. The molecule has 164 valence electrons. The van der Waals surface area contributed by atoms with Gasteiger partial charge in [0.2, 0.25) is 15.9 Å². The number of nitrogens with one attached hydrogen (secondary N) is 1. The number of carbonyl (C=O) groups is 1. The van der Waals surface area contributed by atoms with Crippen molar-refractivity contribution < 1.29 is 13.2 Å². The molecule has 0 spiro atoms. The number of aryl methyl sites for hydroxylation is 1. The molecule has 1 N–H and O–H groups in total. The Morgan fingerprint density at radius 3 is 2.45 bits per heavy atom. The van der Waals surface area contributed by atoms with E-state index in [0.29, 0.717) is 5.02 Å². The molecular formula is C21H22Cl2N4O3S. The van der Waals surface area contributed by atoms with E-state index in [0.717, 1.165) is 27.6 Å². The number of halogens is 2. The zero-order valence-corrected chi connectivity index (χ0v) is 19.5. The van der Waals surface area contributed by atoms with Gasteiger partial charge in [-0.15, -0.1) is 0 Å². The average molecular weight is 481 g/mol. The molecular weight excluding hydrogens is 459 g/mol. The van der Waals surface area contributed by atoms with Crippen molar-refractivity contribution >= 4 is 44.8 Å². The fourth-order valence-electron chi connectivity index (χ4n) is 3.20. The molecule has 10 heteroatoms. The Kier molecular flexibility index (Phi) is 6.93. The standard InChI is InChI=1S/C21H22Cl2N4O3S/c1-14(27(31(3,29)30)20-12-17(22)6-9-19(20)23)21(28)25-13-16-4-7-18(8-5-16)26-11-10-24-15(26)2/h4-12,14H,13H2,1-3H3,(H,25,28)/t14-/m0/s1. The van der Waals surface area contributed by atoms with Crippen molar-refractivity contribution in [1.82, 2.24) is 14.9 Å². The number of amides is 1. The number of nitrogens with zero attached hydrogens (tertiary/aromatic N) is 3. The first-order valence-corrected chi connectivity index (χ1v) is 12.0. The number of rotatable bonds is 7. The van der Waals surface area contributed by atoms with Crippen molar-refractivity contribution in [2.75, 3.05) is 10.6 Å². The second-order valence-electron chi connectivity index (χ2n) is 7.06. The number of benzene rings is 2. The molecule has 3 rings (SSSR count). The number of imidazole rings is 1. The summed E-state index contributed by atoms with van der Waals surface area (Å²) in [6.07, 6.45) is 4.62. The molecule has 1 atom stereocenters. The maximum atomic E-state index is 12.8. The van der Waals surface area contributed by atoms with Gasteiger partial charge in [0.15, 0.2) is 0 Å². The lowest BCUT2D eigenvalue weighted by Crippen LogP contribution is -2.47. The number of hydrogen-bond donors (Lipinski definition) is 1. The van der Waals surface area contributed by atoms with Crippen LogP contribution in [0, 0.1) is 6.92 Å². The highest BCUT2D eigenvalue weighted by Gasteiger charge is 2.30. The molecule has 1 aromatic heterocycles. The van der Waals surface area contributed by atoms with E-state index in [1.165, 1.54) is 19.1 Å². The van der Waals surface area contributed by atoms with Gasteiger partial charge in [0.05, 0.1) is 17.0 Å². The zero-order chi connectivity index (χ0) is 22.8. The van der Waals surface area contributed by atoms with Gasteiger partial charge in [0.25, 0.3) is 0 Å². The van der Waals surface area contributed by atoms with Gasteiger partial charge in [-0.2, -0.15) is 0 Å². The minimum Gasteiger partial charge on any atom is -0.350 e. The number of sulfonamides is 1. The van der Waals surface area contributed by atoms with E-state index in [1.807, 2.05) is 42.0 Å². The molecule has 7 nitrogen and oxygen atoms in total. The summed E-state index contributed by atoms with van der Waals surface area (Å²) in [4.78, 5) is 17.0. The lowest BCUT2D eigenvalue weighted by Gasteiger charge is -2.29. The Morgan fingerprint density at radius 2 is 1.87 bits per heavy atom. The van der Waals surface area contributed by atoms with Crippen LogP contribution >= 0.6 is 23.2 Å². The fourth-order valence-corrected chi connectivity index (χ4v) is 4.80. The molecule has 0 aliphatic carbocycles. The first-order chi connectivity index (χ1) is 14.6. The Labute approximate surface area is 191 Å². The summed E-state index contributed by atoms with van der Waals surface area (Å²) in [5.41, 5.74) is 1.98. The smallest absolute Gasteiger partial charge is 0.243 e. The summed E-state index contributed by atoms with van der Waals surface area (Å²) in [6.45, 7) is 3.65. The van der Waals surface area contributed by atoms with Crippen LogP contribution in [-0.2, 0) is 21.4 Å². The van der Waals surface area contributed by atoms with Crippen LogP contribution in [-0.4, -0.2) is 36.2 Å². The van der Waals surface area contributed by atoms with Gasteiger partial charge in [0, 0.05) is 29.6 Å². The maximum absolute atomic E-state index is 12.8. The van der Waals surface area contributed by atoms with Crippen LogP contribution < -0.4 is 9.62 Å². The Balaban J connectivity index is 1.74. The average Bonchev–Trinajstić information content (AvgIpc) is 3.14. The second-order valence-corrected chi connectivity index (χ2v) is 9.76. The van der Waals surface area contributed by atoms with Crippen LogP contribution in [0.15, 0.2) is 54.9 Å². The van der Waals surface area contributed by atoms with Crippen molar-refractivity contribution in [2.24, 2.45) is 0 Å². The SMILES string of the molecule is Cc1nccn1-c1ccc(CNC(=O)[C@H](C)N(c2cc(Cl)ccc2Cl)S(C)(=O)=O)cc1. The van der Waals surface area contributed by atoms with E-state index in [1.54, 1.807) is 12.3 Å². The molecule has 0 unspecified atom stereocenters. The van der Waals surface area contributed by atoms with E-state index in [2.05, 4.69) is 10.3 Å². The van der Waals surface area contributed by atoms with Gasteiger partial charge in [0.1, 0.15) is 11.9 Å². The van der Waals surface area contributed by atoms with Crippen LogP contribution in [0.4, 0.5) is 5.69 Å². The number of carbonyl (C=O) groups excluding carboxylic acids is 1. The summed E-state index contributed by atoms with van der Waals surface area (Å²) in [5.74, 6) is 0.409. The fraction of sp³-hybridized carbons (Fsp3) is 0.238. The second kappa shape index (κ2) is 9.30. The third-order valence-corrected chi connectivity index (χ3v) is 6.52. The van der Waals surface area contributed by atoms with Crippen LogP contribution in [0.25, 0.3) is 5.69 Å². The van der Waals surface area contributed by atoms with Crippen molar-refractivity contribution in [3.63, 3.8) is 0 Å². The Morgan fingerprint density at radius 1 is 1.19 bits per heavy atom. The molecule has 0 bridgehead atoms. The van der Waals surface area contributed by atoms with E-state index in [-0.39, 0.29) is 17.3 Å². The molecule has 1 heterocycles. The van der Waals surface area contributed by atoms with Gasteiger partial charge < -0.3 is 9.88 Å². The van der Waals surface area contributed by atoms with Gasteiger partial charge in [-0.3, -0.25) is 9.10 Å². The van der Waals surface area contributed by atoms with Gasteiger partial charge >= 0.3 is 0 Å². The van der Waals surface area contributed by atoms with Gasteiger partial charge in [-0.1, -0.05) is 35.3 Å². The normalized spacial score (nSPS) is 12.4. The van der Waals surface area contributed by atoms with E-state index in [9.17, 15) is 13.2 Å². The molecule has 3 aromatic rings. The summed E-state index contributed by atoms with van der Waals surface area (Å²) < 4.78 is 27.8. The number of hydrogen-bond acceptors (Lipinski definition) is 4. The van der Waals surface area contributed by atoms with Crippen LogP contribution in [0.1, 0.15) is 18.3 Å². The first kappa shape index (κ1) is 23.1. The highest BCUT2D eigenvalue weighted by Crippen LogP contribution is 2.32. The van der Waals surface area contributed by atoms with Crippen molar-refractivity contribution in [3.05, 3.63) is 76.3 Å². The molecule has 0 aliphatic rings. The molecule has 0 saturated heterocycles. The molecule has 0 aliphatic heterocycles. The molecule has 31 heavy (non-hydrogen) atoms.